The van der Waals surface area contributed by atoms with Gasteiger partial charge in [0.05, 0.1) is 7.11 Å². The van der Waals surface area contributed by atoms with Crippen LogP contribution in [0.5, 0.6) is 5.75 Å². The quantitative estimate of drug-likeness (QED) is 0.516. The molecule has 1 aromatic carbocycles. The van der Waals surface area contributed by atoms with E-state index in [4.69, 9.17) is 4.74 Å². The van der Waals surface area contributed by atoms with Crippen molar-refractivity contribution in [2.24, 2.45) is 4.99 Å². The molecular formula is C21H29N7O2. The molecule has 0 saturated carbocycles. The Morgan fingerprint density at radius 1 is 1.10 bits per heavy atom. The summed E-state index contributed by atoms with van der Waals surface area (Å²) in [5.41, 5.74) is 1.04. The van der Waals surface area contributed by atoms with Gasteiger partial charge >= 0.3 is 0 Å². The molecule has 30 heavy (non-hydrogen) atoms. The fraction of sp³-hybridized carbons (Fsp3) is 0.429. The molecule has 2 N–H and O–H groups in total. The molecule has 0 radical (unpaired) electrons. The first-order valence-corrected chi connectivity index (χ1v) is 10.1. The molecule has 0 spiro atoms. The fourth-order valence-corrected chi connectivity index (χ4v) is 3.30. The van der Waals surface area contributed by atoms with Gasteiger partial charge in [-0.1, -0.05) is 18.2 Å². The van der Waals surface area contributed by atoms with E-state index < -0.39 is 0 Å². The summed E-state index contributed by atoms with van der Waals surface area (Å²) < 4.78 is 5.37. The Morgan fingerprint density at radius 3 is 2.53 bits per heavy atom. The minimum absolute atomic E-state index is 0.135. The molecular weight excluding hydrogens is 382 g/mol. The summed E-state index contributed by atoms with van der Waals surface area (Å²) in [5, 5.41) is 6.45. The van der Waals surface area contributed by atoms with Gasteiger partial charge in [-0.2, -0.15) is 0 Å². The number of nitrogens with zero attached hydrogens (tertiary/aromatic N) is 5. The highest BCUT2D eigenvalue weighted by Crippen LogP contribution is 2.16. The van der Waals surface area contributed by atoms with E-state index in [1.807, 2.05) is 29.2 Å². The zero-order chi connectivity index (χ0) is 21.2. The molecule has 160 valence electrons. The molecule has 2 heterocycles. The number of ether oxygens (including phenoxy) is 1. The highest BCUT2D eigenvalue weighted by Gasteiger charge is 2.22. The molecule has 1 amide bonds. The average molecular weight is 412 g/mol. The first-order chi connectivity index (χ1) is 14.7. The third kappa shape index (κ3) is 5.82. The van der Waals surface area contributed by atoms with Crippen molar-refractivity contribution in [3.63, 3.8) is 0 Å². The maximum absolute atomic E-state index is 12.5. The van der Waals surface area contributed by atoms with Crippen LogP contribution in [-0.2, 0) is 11.3 Å². The molecule has 1 fully saturated rings. The minimum Gasteiger partial charge on any atom is -0.496 e. The van der Waals surface area contributed by atoms with Crippen LogP contribution in [-0.4, -0.2) is 73.6 Å². The SMILES string of the molecule is CN=C(NCCC(=O)N1CCN(c2ncccn2)CC1)NCc1ccccc1OC. The first-order valence-electron chi connectivity index (χ1n) is 10.1. The zero-order valence-corrected chi connectivity index (χ0v) is 17.5. The maximum atomic E-state index is 12.5. The molecule has 3 rings (SSSR count). The lowest BCUT2D eigenvalue weighted by molar-refractivity contribution is -0.131. The van der Waals surface area contributed by atoms with Crippen LogP contribution in [0.15, 0.2) is 47.7 Å². The molecule has 1 saturated heterocycles. The van der Waals surface area contributed by atoms with Gasteiger partial charge < -0.3 is 25.2 Å². The highest BCUT2D eigenvalue weighted by molar-refractivity contribution is 5.81. The first kappa shape index (κ1) is 21.4. The van der Waals surface area contributed by atoms with E-state index in [0.29, 0.717) is 38.6 Å². The largest absolute Gasteiger partial charge is 0.496 e. The van der Waals surface area contributed by atoms with E-state index in [-0.39, 0.29) is 5.91 Å². The maximum Gasteiger partial charge on any atom is 0.225 e. The van der Waals surface area contributed by atoms with E-state index in [2.05, 4.69) is 30.5 Å². The number of aromatic nitrogens is 2. The van der Waals surface area contributed by atoms with Crippen molar-refractivity contribution in [1.82, 2.24) is 25.5 Å². The Labute approximate surface area is 177 Å². The number of aliphatic imine (C=N–C) groups is 1. The number of methoxy groups -OCH3 is 1. The number of hydrogen-bond donors (Lipinski definition) is 2. The van der Waals surface area contributed by atoms with Crippen LogP contribution in [0.2, 0.25) is 0 Å². The number of amides is 1. The van der Waals surface area contributed by atoms with Crippen LogP contribution in [0.4, 0.5) is 5.95 Å². The van der Waals surface area contributed by atoms with Crippen molar-refractivity contribution in [2.45, 2.75) is 13.0 Å². The summed E-state index contributed by atoms with van der Waals surface area (Å²) in [6.45, 7) is 3.94. The molecule has 0 bridgehead atoms. The second-order valence-corrected chi connectivity index (χ2v) is 6.83. The van der Waals surface area contributed by atoms with Gasteiger partial charge in [0.15, 0.2) is 5.96 Å². The van der Waals surface area contributed by atoms with Crippen molar-refractivity contribution >= 4 is 17.8 Å². The number of benzene rings is 1. The molecule has 1 aliphatic heterocycles. The van der Waals surface area contributed by atoms with E-state index in [0.717, 1.165) is 30.4 Å². The molecule has 0 aliphatic carbocycles. The number of para-hydroxylation sites is 1. The monoisotopic (exact) mass is 411 g/mol. The van der Waals surface area contributed by atoms with Gasteiger partial charge in [0.1, 0.15) is 5.75 Å². The number of rotatable bonds is 7. The Morgan fingerprint density at radius 2 is 1.83 bits per heavy atom. The summed E-state index contributed by atoms with van der Waals surface area (Å²) >= 11 is 0. The van der Waals surface area contributed by atoms with E-state index >= 15 is 0 Å². The van der Waals surface area contributed by atoms with Gasteiger partial charge in [-0.15, -0.1) is 0 Å². The number of anilines is 1. The van der Waals surface area contributed by atoms with Gasteiger partial charge in [0.2, 0.25) is 11.9 Å². The second-order valence-electron chi connectivity index (χ2n) is 6.83. The van der Waals surface area contributed by atoms with Gasteiger partial charge in [-0.3, -0.25) is 9.79 Å². The Balaban J connectivity index is 1.38. The summed E-state index contributed by atoms with van der Waals surface area (Å²) in [7, 11) is 3.37. The molecule has 0 unspecified atom stereocenters. The van der Waals surface area contributed by atoms with E-state index in [1.165, 1.54) is 0 Å². The van der Waals surface area contributed by atoms with Gasteiger partial charge in [0, 0.05) is 70.7 Å². The Kier molecular flexibility index (Phi) is 7.82. The Hall–Kier alpha value is -3.36. The molecule has 1 aromatic heterocycles. The van der Waals surface area contributed by atoms with Crippen molar-refractivity contribution in [3.05, 3.63) is 48.3 Å². The third-order valence-corrected chi connectivity index (χ3v) is 4.96. The predicted octanol–water partition coefficient (Wildman–Crippen LogP) is 0.889. The number of piperazine rings is 1. The summed E-state index contributed by atoms with van der Waals surface area (Å²) in [5.74, 6) is 2.34. The van der Waals surface area contributed by atoms with Crippen molar-refractivity contribution in [2.75, 3.05) is 51.8 Å². The molecule has 0 atom stereocenters. The van der Waals surface area contributed by atoms with Crippen LogP contribution in [0.1, 0.15) is 12.0 Å². The molecule has 2 aromatic rings. The van der Waals surface area contributed by atoms with Crippen molar-refractivity contribution in [3.8, 4) is 5.75 Å². The average Bonchev–Trinajstić information content (AvgIpc) is 2.82. The Bertz CT molecular complexity index is 836. The van der Waals surface area contributed by atoms with E-state index in [9.17, 15) is 4.79 Å². The number of guanidine groups is 1. The highest BCUT2D eigenvalue weighted by atomic mass is 16.5. The minimum atomic E-state index is 0.135. The predicted molar refractivity (Wildman–Crippen MR) is 117 cm³/mol. The molecule has 1 aliphatic rings. The lowest BCUT2D eigenvalue weighted by Gasteiger charge is -2.34. The standard InChI is InChI=1S/C21H29N7O2/c1-22-20(26-16-17-6-3-4-7-18(17)30-2)23-11-8-19(29)27-12-14-28(15-13-27)21-24-9-5-10-25-21/h3-7,9-10H,8,11-16H2,1-2H3,(H2,22,23,26). The van der Waals surface area contributed by atoms with Crippen LogP contribution >= 0.6 is 0 Å². The normalized spacial score (nSPS) is 14.4. The van der Waals surface area contributed by atoms with Gasteiger partial charge in [-0.05, 0) is 12.1 Å². The lowest BCUT2D eigenvalue weighted by atomic mass is 10.2. The zero-order valence-electron chi connectivity index (χ0n) is 17.5. The van der Waals surface area contributed by atoms with Crippen molar-refractivity contribution < 1.29 is 9.53 Å². The van der Waals surface area contributed by atoms with Crippen LogP contribution in [0.25, 0.3) is 0 Å². The smallest absolute Gasteiger partial charge is 0.225 e. The fourth-order valence-electron chi connectivity index (χ4n) is 3.30. The number of nitrogens with one attached hydrogen (secondary N) is 2. The second kappa shape index (κ2) is 11.0. The summed E-state index contributed by atoms with van der Waals surface area (Å²) in [4.78, 5) is 29.3. The summed E-state index contributed by atoms with van der Waals surface area (Å²) in [6.07, 6.45) is 3.89. The summed E-state index contributed by atoms with van der Waals surface area (Å²) in [6, 6.07) is 9.64. The number of carbonyl (C=O) groups is 1. The third-order valence-electron chi connectivity index (χ3n) is 4.96. The van der Waals surface area contributed by atoms with Crippen LogP contribution < -0.4 is 20.3 Å². The van der Waals surface area contributed by atoms with E-state index in [1.54, 1.807) is 32.6 Å². The van der Waals surface area contributed by atoms with Crippen LogP contribution in [0.3, 0.4) is 0 Å². The number of carbonyl (C=O) groups excluding carboxylic acids is 1. The van der Waals surface area contributed by atoms with Gasteiger partial charge in [-0.25, -0.2) is 9.97 Å². The molecule has 9 nitrogen and oxygen atoms in total. The van der Waals surface area contributed by atoms with Gasteiger partial charge in [0.25, 0.3) is 0 Å². The lowest BCUT2D eigenvalue weighted by Crippen LogP contribution is -2.50. The van der Waals surface area contributed by atoms with Crippen molar-refractivity contribution in [1.29, 1.82) is 0 Å². The molecule has 9 heteroatoms. The van der Waals surface area contributed by atoms with Crippen LogP contribution in [0, 0.1) is 0 Å². The number of hydrogen-bond acceptors (Lipinski definition) is 6. The topological polar surface area (TPSA) is 95.0 Å².